The molecule has 0 saturated heterocycles. The highest BCUT2D eigenvalue weighted by molar-refractivity contribution is 5.93. The number of ether oxygens (including phenoxy) is 2. The van der Waals surface area contributed by atoms with E-state index in [-0.39, 0.29) is 12.1 Å². The van der Waals surface area contributed by atoms with Gasteiger partial charge in [-0.15, -0.1) is 0 Å². The van der Waals surface area contributed by atoms with E-state index < -0.39 is 36.4 Å². The van der Waals surface area contributed by atoms with Crippen LogP contribution in [0.5, 0.6) is 5.75 Å². The number of hydrogen-bond acceptors (Lipinski definition) is 9. The smallest absolute Gasteiger partial charge is 0.414 e. The molecule has 5 N–H and O–H groups in total. The molecule has 0 aliphatic carbocycles. The number of nitrogens with one attached hydrogen (secondary N) is 2. The van der Waals surface area contributed by atoms with E-state index in [4.69, 9.17) is 24.8 Å². The first-order valence-corrected chi connectivity index (χ1v) is 13.2. The number of aromatic nitrogens is 1. The summed E-state index contributed by atoms with van der Waals surface area (Å²) < 4.78 is 10.7. The molecular formula is C27H39N3O11. The third-order valence-electron chi connectivity index (χ3n) is 6.34. The van der Waals surface area contributed by atoms with E-state index in [1.54, 1.807) is 19.2 Å². The van der Waals surface area contributed by atoms with Crippen LogP contribution in [-0.2, 0) is 30.3 Å². The van der Waals surface area contributed by atoms with Crippen LogP contribution < -0.4 is 14.7 Å². The van der Waals surface area contributed by atoms with E-state index in [2.05, 4.69) is 18.8 Å². The number of amides is 1. The lowest BCUT2D eigenvalue weighted by molar-refractivity contribution is -0.896. The Kier molecular flexibility index (Phi) is 14.9. The number of aromatic amines is 1. The molecule has 2 rings (SSSR count). The van der Waals surface area contributed by atoms with E-state index in [9.17, 15) is 29.1 Å². The van der Waals surface area contributed by atoms with Crippen LogP contribution >= 0.6 is 0 Å². The Morgan fingerprint density at radius 1 is 1.10 bits per heavy atom. The van der Waals surface area contributed by atoms with Gasteiger partial charge in [-0.25, -0.2) is 4.79 Å². The number of aryl methyl sites for hydroxylation is 1. The molecule has 2 aromatic rings. The van der Waals surface area contributed by atoms with E-state index in [0.717, 1.165) is 36.1 Å². The van der Waals surface area contributed by atoms with Crippen LogP contribution in [0.15, 0.2) is 24.4 Å². The molecule has 41 heavy (non-hydrogen) atoms. The highest BCUT2D eigenvalue weighted by Crippen LogP contribution is 2.24. The average Bonchev–Trinajstić information content (AvgIpc) is 3.31. The summed E-state index contributed by atoms with van der Waals surface area (Å²) in [6.07, 6.45) is -0.483. The first-order chi connectivity index (χ1) is 19.3. The minimum atomic E-state index is -2.21. The molecule has 228 valence electrons. The van der Waals surface area contributed by atoms with Crippen molar-refractivity contribution in [3.05, 3.63) is 30.0 Å². The summed E-state index contributed by atoms with van der Waals surface area (Å²) in [6, 6.07) is 5.47. The average molecular weight is 582 g/mol. The van der Waals surface area contributed by atoms with Gasteiger partial charge >= 0.3 is 24.0 Å². The van der Waals surface area contributed by atoms with Gasteiger partial charge in [-0.1, -0.05) is 0 Å². The molecular weight excluding hydrogens is 542 g/mol. The molecule has 2 atom stereocenters. The number of carbonyl (C=O) groups is 5. The lowest BCUT2D eigenvalue weighted by atomic mass is 10.0. The number of rotatable bonds is 15. The fraction of sp³-hybridized carbons (Fsp3) is 0.519. The van der Waals surface area contributed by atoms with Crippen molar-refractivity contribution in [3.63, 3.8) is 0 Å². The minimum Gasteiger partial charge on any atom is -0.549 e. The summed E-state index contributed by atoms with van der Waals surface area (Å²) in [6.45, 7) is 10.1. The minimum absolute atomic E-state index is 0.172. The number of likely N-dealkylation sites (N-methyl/N-ethyl adjacent to an activating group) is 1. The molecule has 2 unspecified atom stereocenters. The highest BCUT2D eigenvalue weighted by atomic mass is 16.6. The summed E-state index contributed by atoms with van der Waals surface area (Å²) in [5.74, 6) is -7.22. The second-order valence-corrected chi connectivity index (χ2v) is 9.13. The summed E-state index contributed by atoms with van der Waals surface area (Å²) in [5, 5.41) is 36.4. The quantitative estimate of drug-likeness (QED) is 0.131. The van der Waals surface area contributed by atoms with Crippen LogP contribution in [-0.4, -0.2) is 101 Å². The fourth-order valence-electron chi connectivity index (χ4n) is 3.68. The van der Waals surface area contributed by atoms with Gasteiger partial charge in [0.15, 0.2) is 0 Å². The lowest BCUT2D eigenvalue weighted by Gasteiger charge is -2.17. The van der Waals surface area contributed by atoms with Crippen molar-refractivity contribution in [3.8, 4) is 5.75 Å². The molecule has 14 heteroatoms. The van der Waals surface area contributed by atoms with Crippen molar-refractivity contribution in [2.45, 2.75) is 46.1 Å². The van der Waals surface area contributed by atoms with Crippen molar-refractivity contribution in [1.29, 1.82) is 0 Å². The van der Waals surface area contributed by atoms with E-state index >= 15 is 0 Å². The maximum absolute atomic E-state index is 12.0. The molecule has 0 bridgehead atoms. The third-order valence-corrected chi connectivity index (χ3v) is 6.34. The fourth-order valence-corrected chi connectivity index (χ4v) is 3.68. The maximum atomic E-state index is 12.0. The van der Waals surface area contributed by atoms with Crippen LogP contribution in [0.4, 0.5) is 4.79 Å². The Bertz CT molecular complexity index is 1160. The summed E-state index contributed by atoms with van der Waals surface area (Å²) in [5.41, 5.74) is 1.92. The second-order valence-electron chi connectivity index (χ2n) is 9.13. The Morgan fingerprint density at radius 3 is 2.29 bits per heavy atom. The Labute approximate surface area is 237 Å². The largest absolute Gasteiger partial charge is 0.549 e. The van der Waals surface area contributed by atoms with Gasteiger partial charge in [0.1, 0.15) is 24.8 Å². The van der Waals surface area contributed by atoms with Crippen molar-refractivity contribution >= 4 is 40.9 Å². The number of carboxylic acids is 3. The zero-order valence-corrected chi connectivity index (χ0v) is 23.7. The zero-order chi connectivity index (χ0) is 31.1. The maximum Gasteiger partial charge on any atom is 0.414 e. The molecule has 1 heterocycles. The van der Waals surface area contributed by atoms with Gasteiger partial charge in [-0.2, -0.15) is 0 Å². The summed E-state index contributed by atoms with van der Waals surface area (Å²) in [4.78, 5) is 60.3. The van der Waals surface area contributed by atoms with Gasteiger partial charge in [-0.3, -0.25) is 14.4 Å². The zero-order valence-electron chi connectivity index (χ0n) is 23.7. The number of carboxylic acid groups (broad SMARTS) is 3. The molecule has 0 aliphatic rings. The van der Waals surface area contributed by atoms with Gasteiger partial charge in [0.25, 0.3) is 0 Å². The molecule has 0 spiro atoms. The van der Waals surface area contributed by atoms with E-state index in [1.165, 1.54) is 9.80 Å². The molecule has 1 aromatic heterocycles. The molecule has 0 saturated carbocycles. The number of quaternary nitrogens is 1. The number of hydrogen-bond donors (Lipinski definition) is 5. The number of aliphatic hydroxyl groups is 1. The van der Waals surface area contributed by atoms with Gasteiger partial charge in [-0.05, 0) is 44.9 Å². The molecule has 0 radical (unpaired) electrons. The van der Waals surface area contributed by atoms with Gasteiger partial charge < -0.3 is 49.5 Å². The van der Waals surface area contributed by atoms with Crippen LogP contribution in [0.3, 0.4) is 0 Å². The van der Waals surface area contributed by atoms with Crippen LogP contribution in [0.25, 0.3) is 10.9 Å². The standard InChI is InChI=1S/C21H31N3O4.C6H8O7/c1-5-23(4)21(26)28-17-9-10-18-16(15-22-19(18)14-17)8-11-20(25)27-13-12-24(6-2)7-3;7-2(1-3(8)9)4(5(10)11)6(12)13/h9-10,14-15,22H,5-8,11-13H2,1-4H3;2,4,7H,1H2,(H,8,9)(H,10,11)(H,12,13). The molecule has 0 aliphatic heterocycles. The van der Waals surface area contributed by atoms with Crippen LogP contribution in [0.2, 0.25) is 0 Å². The molecule has 1 amide bonds. The third kappa shape index (κ3) is 11.8. The van der Waals surface area contributed by atoms with E-state index in [0.29, 0.717) is 31.7 Å². The van der Waals surface area contributed by atoms with Crippen LogP contribution in [0.1, 0.15) is 39.2 Å². The number of nitrogens with zero attached hydrogens (tertiary/aromatic N) is 1. The number of carbonyl (C=O) groups excluding carboxylic acids is 3. The van der Waals surface area contributed by atoms with Gasteiger partial charge in [0.05, 0.1) is 31.6 Å². The second kappa shape index (κ2) is 17.5. The predicted molar refractivity (Wildman–Crippen MR) is 143 cm³/mol. The normalized spacial score (nSPS) is 12.1. The number of esters is 1. The van der Waals surface area contributed by atoms with Crippen molar-refractivity contribution in [2.24, 2.45) is 5.92 Å². The topological polar surface area (TPSA) is 211 Å². The molecule has 0 fully saturated rings. The van der Waals surface area contributed by atoms with Gasteiger partial charge in [0, 0.05) is 43.2 Å². The predicted octanol–water partition coefficient (Wildman–Crippen LogP) is -0.708. The molecule has 1 aromatic carbocycles. The summed E-state index contributed by atoms with van der Waals surface area (Å²) in [7, 11) is 1.69. The number of fused-ring (bicyclic) bond motifs is 1. The van der Waals surface area contributed by atoms with Crippen molar-refractivity contribution in [1.82, 2.24) is 9.88 Å². The lowest BCUT2D eigenvalue weighted by Crippen LogP contribution is -3.11. The van der Waals surface area contributed by atoms with Crippen molar-refractivity contribution in [2.75, 3.05) is 39.8 Å². The Balaban J connectivity index is 0.000000545. The Morgan fingerprint density at radius 2 is 1.76 bits per heavy atom. The molecule has 14 nitrogen and oxygen atoms in total. The number of benzene rings is 1. The highest BCUT2D eigenvalue weighted by Gasteiger charge is 2.29. The Hall–Kier alpha value is -4.17. The monoisotopic (exact) mass is 581 g/mol. The first kappa shape index (κ1) is 34.9. The summed E-state index contributed by atoms with van der Waals surface area (Å²) >= 11 is 0. The van der Waals surface area contributed by atoms with Crippen molar-refractivity contribution < 1.29 is 58.8 Å². The van der Waals surface area contributed by atoms with Crippen LogP contribution in [0, 0.1) is 5.92 Å². The van der Waals surface area contributed by atoms with E-state index in [1.807, 2.05) is 19.2 Å². The number of aliphatic carboxylic acids is 3. The number of H-pyrrole nitrogens is 1. The first-order valence-electron chi connectivity index (χ1n) is 13.2. The van der Waals surface area contributed by atoms with Gasteiger partial charge in [0.2, 0.25) is 0 Å². The number of aliphatic hydroxyl groups excluding tert-OH is 1. The SMILES string of the molecule is CCN(C)C(=O)Oc1ccc2c(CCC(=O)OCC[NH+](CC)CC)c[nH]c2c1.O=C(O)CC(O)C(C(=O)[O-])C(=O)O.